The van der Waals surface area contributed by atoms with Gasteiger partial charge in [0.05, 0.1) is 0 Å². The zero-order chi connectivity index (χ0) is 12.0. The van der Waals surface area contributed by atoms with Gasteiger partial charge < -0.3 is 10.2 Å². The summed E-state index contributed by atoms with van der Waals surface area (Å²) < 4.78 is 0. The molecule has 0 aliphatic rings. The predicted molar refractivity (Wildman–Crippen MR) is 69.9 cm³/mol. The average molecular weight is 221 g/mol. The highest BCUT2D eigenvalue weighted by Gasteiger charge is 2.05. The molecule has 1 atom stereocenters. The van der Waals surface area contributed by atoms with E-state index in [0.717, 1.165) is 12.4 Å². The molecule has 90 valence electrons. The van der Waals surface area contributed by atoms with Gasteiger partial charge in [0.2, 0.25) is 0 Å². The number of pyridine rings is 1. The lowest BCUT2D eigenvalue weighted by Gasteiger charge is -2.18. The summed E-state index contributed by atoms with van der Waals surface area (Å²) in [6.45, 7) is 5.42. The van der Waals surface area contributed by atoms with Crippen molar-refractivity contribution < 1.29 is 0 Å². The second-order valence-corrected chi connectivity index (χ2v) is 4.24. The Bertz CT molecular complexity index is 295. The van der Waals surface area contributed by atoms with Crippen molar-refractivity contribution in [2.24, 2.45) is 0 Å². The van der Waals surface area contributed by atoms with E-state index in [1.54, 1.807) is 0 Å². The van der Waals surface area contributed by atoms with E-state index >= 15 is 0 Å². The maximum absolute atomic E-state index is 4.49. The fourth-order valence-electron chi connectivity index (χ4n) is 1.56. The number of anilines is 1. The van der Waals surface area contributed by atoms with Crippen molar-refractivity contribution in [3.05, 3.63) is 23.9 Å². The number of hydrogen-bond donors (Lipinski definition) is 1. The molecular weight excluding hydrogens is 198 g/mol. The highest BCUT2D eigenvalue weighted by atomic mass is 15.2. The van der Waals surface area contributed by atoms with Crippen LogP contribution in [0, 0.1) is 0 Å². The fraction of sp³-hybridized carbons (Fsp3) is 0.615. The summed E-state index contributed by atoms with van der Waals surface area (Å²) in [6, 6.07) is 4.60. The Balaban J connectivity index is 2.63. The van der Waals surface area contributed by atoms with Crippen LogP contribution in [0.5, 0.6) is 0 Å². The summed E-state index contributed by atoms with van der Waals surface area (Å²) in [4.78, 5) is 6.69. The number of hydrogen-bond acceptors (Lipinski definition) is 3. The van der Waals surface area contributed by atoms with Gasteiger partial charge >= 0.3 is 0 Å². The molecule has 0 aliphatic carbocycles. The Morgan fingerprint density at radius 2 is 2.19 bits per heavy atom. The van der Waals surface area contributed by atoms with Crippen molar-refractivity contribution >= 4 is 5.82 Å². The quantitative estimate of drug-likeness (QED) is 0.800. The second kappa shape index (κ2) is 6.48. The number of nitrogens with zero attached hydrogens (tertiary/aromatic N) is 2. The van der Waals surface area contributed by atoms with E-state index in [1.807, 2.05) is 13.2 Å². The van der Waals surface area contributed by atoms with E-state index in [0.29, 0.717) is 6.04 Å². The number of nitrogens with one attached hydrogen (secondary N) is 1. The van der Waals surface area contributed by atoms with Crippen LogP contribution in [0.15, 0.2) is 18.3 Å². The lowest BCUT2D eigenvalue weighted by Crippen LogP contribution is -2.20. The lowest BCUT2D eigenvalue weighted by atomic mass is 10.1. The molecule has 0 spiro atoms. The van der Waals surface area contributed by atoms with Crippen molar-refractivity contribution in [3.8, 4) is 0 Å². The molecule has 1 aromatic heterocycles. The minimum atomic E-state index is 0.363. The average Bonchev–Trinajstić information content (AvgIpc) is 2.35. The first-order valence-corrected chi connectivity index (χ1v) is 6.03. The molecule has 1 heterocycles. The van der Waals surface area contributed by atoms with Gasteiger partial charge in [-0.1, -0.05) is 19.4 Å². The van der Waals surface area contributed by atoms with E-state index < -0.39 is 0 Å². The highest BCUT2D eigenvalue weighted by Crippen LogP contribution is 2.15. The van der Waals surface area contributed by atoms with Crippen LogP contribution in [-0.2, 0) is 0 Å². The first kappa shape index (κ1) is 13.0. The van der Waals surface area contributed by atoms with Gasteiger partial charge in [0.25, 0.3) is 0 Å². The third-order valence-corrected chi connectivity index (χ3v) is 2.94. The lowest BCUT2D eigenvalue weighted by molar-refractivity contribution is 0.649. The Labute approximate surface area is 98.9 Å². The summed E-state index contributed by atoms with van der Waals surface area (Å²) >= 11 is 0. The summed E-state index contributed by atoms with van der Waals surface area (Å²) in [7, 11) is 4.06. The van der Waals surface area contributed by atoms with Crippen LogP contribution in [0.25, 0.3) is 0 Å². The van der Waals surface area contributed by atoms with E-state index in [2.05, 4.69) is 48.2 Å². The van der Waals surface area contributed by atoms with Crippen LogP contribution in [0.2, 0.25) is 0 Å². The molecule has 0 saturated heterocycles. The van der Waals surface area contributed by atoms with Crippen LogP contribution in [-0.4, -0.2) is 25.6 Å². The molecule has 0 fully saturated rings. The van der Waals surface area contributed by atoms with Gasteiger partial charge in [-0.15, -0.1) is 0 Å². The Morgan fingerprint density at radius 1 is 1.44 bits per heavy atom. The molecular formula is C13H23N3. The summed E-state index contributed by atoms with van der Waals surface area (Å²) in [5.41, 5.74) is 1.23. The van der Waals surface area contributed by atoms with E-state index in [1.165, 1.54) is 18.4 Å². The largest absolute Gasteiger partial charge is 0.360 e. The molecule has 1 unspecified atom stereocenters. The Hall–Kier alpha value is -1.09. The van der Waals surface area contributed by atoms with Crippen LogP contribution in [0.3, 0.4) is 0 Å². The summed E-state index contributed by atoms with van der Waals surface area (Å²) in [6.07, 6.45) is 4.39. The maximum Gasteiger partial charge on any atom is 0.128 e. The van der Waals surface area contributed by atoms with Crippen molar-refractivity contribution in [2.75, 3.05) is 25.5 Å². The van der Waals surface area contributed by atoms with Gasteiger partial charge in [0.15, 0.2) is 0 Å². The van der Waals surface area contributed by atoms with Gasteiger partial charge in [-0.25, -0.2) is 4.98 Å². The smallest absolute Gasteiger partial charge is 0.128 e. The van der Waals surface area contributed by atoms with Gasteiger partial charge in [0, 0.05) is 25.8 Å². The first-order valence-electron chi connectivity index (χ1n) is 6.03. The minimum absolute atomic E-state index is 0.363. The molecule has 0 aliphatic heterocycles. The molecule has 16 heavy (non-hydrogen) atoms. The molecule has 3 heteroatoms. The van der Waals surface area contributed by atoms with Crippen molar-refractivity contribution in [2.45, 2.75) is 32.7 Å². The molecule has 0 amide bonds. The molecule has 1 N–H and O–H groups in total. The zero-order valence-corrected chi connectivity index (χ0v) is 10.8. The fourth-order valence-corrected chi connectivity index (χ4v) is 1.56. The van der Waals surface area contributed by atoms with Crippen LogP contribution < -0.4 is 10.2 Å². The molecule has 0 radical (unpaired) electrons. The third kappa shape index (κ3) is 3.49. The van der Waals surface area contributed by atoms with E-state index in [4.69, 9.17) is 0 Å². The zero-order valence-electron chi connectivity index (χ0n) is 10.8. The topological polar surface area (TPSA) is 28.2 Å². The maximum atomic E-state index is 4.49. The van der Waals surface area contributed by atoms with Crippen molar-refractivity contribution in [1.29, 1.82) is 0 Å². The van der Waals surface area contributed by atoms with Crippen LogP contribution in [0.1, 0.15) is 38.3 Å². The summed E-state index contributed by atoms with van der Waals surface area (Å²) in [5, 5.41) is 3.21. The highest BCUT2D eigenvalue weighted by molar-refractivity contribution is 5.38. The molecule has 0 aromatic carbocycles. The van der Waals surface area contributed by atoms with Crippen molar-refractivity contribution in [1.82, 2.24) is 10.3 Å². The summed E-state index contributed by atoms with van der Waals surface area (Å²) in [5.74, 6) is 1.06. The minimum Gasteiger partial charge on any atom is -0.360 e. The molecule has 3 nitrogen and oxygen atoms in total. The molecule has 1 aromatic rings. The normalized spacial score (nSPS) is 12.5. The second-order valence-electron chi connectivity index (χ2n) is 4.24. The Morgan fingerprint density at radius 3 is 2.69 bits per heavy atom. The van der Waals surface area contributed by atoms with Gasteiger partial charge in [0.1, 0.15) is 5.82 Å². The predicted octanol–water partition coefficient (Wildman–Crippen LogP) is 2.60. The Kier molecular flexibility index (Phi) is 5.26. The SMILES string of the molecule is CCCCN(C)c1ccc(C(C)NC)cn1. The van der Waals surface area contributed by atoms with Gasteiger partial charge in [-0.2, -0.15) is 0 Å². The number of unbranched alkanes of at least 4 members (excludes halogenated alkanes) is 1. The standard InChI is InChI=1S/C13H23N3/c1-5-6-9-16(4)13-8-7-12(10-15-13)11(2)14-3/h7-8,10-11,14H,5-6,9H2,1-4H3. The monoisotopic (exact) mass is 221 g/mol. The van der Waals surface area contributed by atoms with Gasteiger partial charge in [-0.3, -0.25) is 0 Å². The number of rotatable bonds is 6. The van der Waals surface area contributed by atoms with Crippen LogP contribution in [0.4, 0.5) is 5.82 Å². The van der Waals surface area contributed by atoms with E-state index in [9.17, 15) is 0 Å². The van der Waals surface area contributed by atoms with E-state index in [-0.39, 0.29) is 0 Å². The molecule has 0 bridgehead atoms. The molecule has 1 rings (SSSR count). The molecule has 0 saturated carbocycles. The van der Waals surface area contributed by atoms with Crippen LogP contribution >= 0.6 is 0 Å². The third-order valence-electron chi connectivity index (χ3n) is 2.94. The van der Waals surface area contributed by atoms with Gasteiger partial charge in [-0.05, 0) is 32.0 Å². The van der Waals surface area contributed by atoms with Crippen molar-refractivity contribution in [3.63, 3.8) is 0 Å². The number of aromatic nitrogens is 1. The first-order chi connectivity index (χ1) is 7.69.